The van der Waals surface area contributed by atoms with Crippen LogP contribution in [0.4, 0.5) is 4.39 Å². The van der Waals surface area contributed by atoms with Gasteiger partial charge in [-0.3, -0.25) is 4.79 Å². The molecular weight excluding hydrogens is 343 g/mol. The number of halogens is 1. The fraction of sp³-hybridized carbons (Fsp3) is 0.409. The van der Waals surface area contributed by atoms with Gasteiger partial charge in [0.2, 0.25) is 5.91 Å². The molecule has 1 spiro atoms. The van der Waals surface area contributed by atoms with E-state index in [9.17, 15) is 9.18 Å². The second kappa shape index (κ2) is 7.31. The van der Waals surface area contributed by atoms with Gasteiger partial charge in [-0.2, -0.15) is 0 Å². The molecule has 142 valence electrons. The summed E-state index contributed by atoms with van der Waals surface area (Å²) in [4.78, 5) is 12.5. The molecular formula is C22H25FN2O2. The summed E-state index contributed by atoms with van der Waals surface area (Å²) in [7, 11) is 0. The largest absolute Gasteiger partial charge is 0.457 e. The standard InChI is InChI=1S/C22H25FN2O2/c1-15-12-16(2-7-20(15)27-18-5-3-17(23)4-6-18)14-25-21(26)19-13-22(19)8-10-24-11-9-22/h2-7,12,19,24H,8-11,13-14H2,1H3,(H,25,26). The molecule has 2 N–H and O–H groups in total. The predicted molar refractivity (Wildman–Crippen MR) is 102 cm³/mol. The molecule has 1 atom stereocenters. The van der Waals surface area contributed by atoms with Crippen LogP contribution < -0.4 is 15.4 Å². The van der Waals surface area contributed by atoms with E-state index >= 15 is 0 Å². The Bertz CT molecular complexity index is 829. The van der Waals surface area contributed by atoms with Crippen LogP contribution in [0.25, 0.3) is 0 Å². The summed E-state index contributed by atoms with van der Waals surface area (Å²) in [6.07, 6.45) is 3.25. The maximum Gasteiger partial charge on any atom is 0.223 e. The average Bonchev–Trinajstić information content (AvgIpc) is 3.37. The Morgan fingerprint density at radius 1 is 1.22 bits per heavy atom. The van der Waals surface area contributed by atoms with E-state index in [4.69, 9.17) is 4.74 Å². The molecule has 2 aromatic carbocycles. The molecule has 1 aliphatic carbocycles. The van der Waals surface area contributed by atoms with Gasteiger partial charge in [0.25, 0.3) is 0 Å². The minimum absolute atomic E-state index is 0.182. The Kier molecular flexibility index (Phi) is 4.87. The van der Waals surface area contributed by atoms with Crippen LogP contribution in [0.3, 0.4) is 0 Å². The molecule has 2 fully saturated rings. The summed E-state index contributed by atoms with van der Waals surface area (Å²) in [6, 6.07) is 11.8. The number of rotatable bonds is 5. The normalized spacial score (nSPS) is 20.3. The van der Waals surface area contributed by atoms with Gasteiger partial charge in [0, 0.05) is 12.5 Å². The first-order valence-electron chi connectivity index (χ1n) is 9.57. The topological polar surface area (TPSA) is 50.4 Å². The van der Waals surface area contributed by atoms with Crippen molar-refractivity contribution in [3.63, 3.8) is 0 Å². The monoisotopic (exact) mass is 368 g/mol. The van der Waals surface area contributed by atoms with E-state index in [0.29, 0.717) is 12.3 Å². The zero-order chi connectivity index (χ0) is 18.9. The Balaban J connectivity index is 1.33. The molecule has 27 heavy (non-hydrogen) atoms. The number of benzene rings is 2. The van der Waals surface area contributed by atoms with Crippen LogP contribution in [0, 0.1) is 24.1 Å². The molecule has 2 aliphatic rings. The van der Waals surface area contributed by atoms with Gasteiger partial charge in [0.1, 0.15) is 17.3 Å². The molecule has 0 bridgehead atoms. The van der Waals surface area contributed by atoms with Crippen LogP contribution in [-0.2, 0) is 11.3 Å². The highest BCUT2D eigenvalue weighted by molar-refractivity contribution is 5.82. The quantitative estimate of drug-likeness (QED) is 0.841. The van der Waals surface area contributed by atoms with Crippen molar-refractivity contribution in [2.45, 2.75) is 32.7 Å². The third-order valence-corrected chi connectivity index (χ3v) is 5.85. The average molecular weight is 368 g/mol. The van der Waals surface area contributed by atoms with E-state index < -0.39 is 0 Å². The van der Waals surface area contributed by atoms with Crippen molar-refractivity contribution in [1.29, 1.82) is 0 Å². The third-order valence-electron chi connectivity index (χ3n) is 5.85. The number of piperidine rings is 1. The number of nitrogens with one attached hydrogen (secondary N) is 2. The molecule has 1 amide bonds. The zero-order valence-corrected chi connectivity index (χ0v) is 15.6. The van der Waals surface area contributed by atoms with E-state index in [1.165, 1.54) is 12.1 Å². The number of carbonyl (C=O) groups excluding carboxylic acids is 1. The van der Waals surface area contributed by atoms with Crippen molar-refractivity contribution in [3.8, 4) is 11.5 Å². The van der Waals surface area contributed by atoms with Gasteiger partial charge in [-0.15, -0.1) is 0 Å². The smallest absolute Gasteiger partial charge is 0.223 e. The second-order valence-electron chi connectivity index (χ2n) is 7.74. The van der Waals surface area contributed by atoms with Crippen molar-refractivity contribution in [2.75, 3.05) is 13.1 Å². The lowest BCUT2D eigenvalue weighted by atomic mass is 9.92. The molecule has 4 nitrogen and oxygen atoms in total. The lowest BCUT2D eigenvalue weighted by Gasteiger charge is -2.23. The number of ether oxygens (including phenoxy) is 1. The van der Waals surface area contributed by atoms with E-state index in [1.54, 1.807) is 12.1 Å². The van der Waals surface area contributed by atoms with Crippen molar-refractivity contribution in [3.05, 3.63) is 59.4 Å². The molecule has 2 aromatic rings. The summed E-state index contributed by atoms with van der Waals surface area (Å²) in [5, 5.41) is 6.46. The lowest BCUT2D eigenvalue weighted by Crippen LogP contribution is -2.33. The fourth-order valence-electron chi connectivity index (χ4n) is 4.07. The van der Waals surface area contributed by atoms with Gasteiger partial charge in [-0.1, -0.05) is 12.1 Å². The summed E-state index contributed by atoms with van der Waals surface area (Å²) in [6.45, 7) is 4.55. The Morgan fingerprint density at radius 3 is 2.67 bits per heavy atom. The summed E-state index contributed by atoms with van der Waals surface area (Å²) in [5.41, 5.74) is 2.29. The molecule has 1 saturated carbocycles. The van der Waals surface area contributed by atoms with Crippen LogP contribution in [0.2, 0.25) is 0 Å². The van der Waals surface area contributed by atoms with Gasteiger partial charge >= 0.3 is 0 Å². The highest BCUT2D eigenvalue weighted by atomic mass is 19.1. The molecule has 1 saturated heterocycles. The first-order chi connectivity index (χ1) is 13.1. The maximum absolute atomic E-state index is 13.0. The number of aryl methyl sites for hydroxylation is 1. The van der Waals surface area contributed by atoms with Crippen LogP contribution >= 0.6 is 0 Å². The minimum Gasteiger partial charge on any atom is -0.457 e. The number of hydrogen-bond donors (Lipinski definition) is 2. The number of hydrogen-bond acceptors (Lipinski definition) is 3. The first kappa shape index (κ1) is 18.0. The Labute approximate surface area is 159 Å². The van der Waals surface area contributed by atoms with Crippen molar-refractivity contribution in [1.82, 2.24) is 10.6 Å². The Hall–Kier alpha value is -2.40. The highest BCUT2D eigenvalue weighted by Gasteiger charge is 2.57. The van der Waals surface area contributed by atoms with E-state index in [1.807, 2.05) is 25.1 Å². The molecule has 0 radical (unpaired) electrons. The zero-order valence-electron chi connectivity index (χ0n) is 15.6. The molecule has 1 heterocycles. The molecule has 5 heteroatoms. The van der Waals surface area contributed by atoms with Gasteiger partial charge < -0.3 is 15.4 Å². The Morgan fingerprint density at radius 2 is 1.96 bits per heavy atom. The second-order valence-corrected chi connectivity index (χ2v) is 7.74. The predicted octanol–water partition coefficient (Wildman–Crippen LogP) is 3.93. The van der Waals surface area contributed by atoms with E-state index in [0.717, 1.165) is 49.2 Å². The van der Waals surface area contributed by atoms with E-state index in [2.05, 4.69) is 10.6 Å². The van der Waals surface area contributed by atoms with Crippen molar-refractivity contribution >= 4 is 5.91 Å². The van der Waals surface area contributed by atoms with Crippen LogP contribution in [0.5, 0.6) is 11.5 Å². The molecule has 1 unspecified atom stereocenters. The summed E-state index contributed by atoms with van der Waals surface area (Å²) < 4.78 is 18.8. The van der Waals surface area contributed by atoms with Gasteiger partial charge in [-0.05, 0) is 86.1 Å². The lowest BCUT2D eigenvalue weighted by molar-refractivity contribution is -0.123. The van der Waals surface area contributed by atoms with Crippen LogP contribution in [-0.4, -0.2) is 19.0 Å². The summed E-state index contributed by atoms with van der Waals surface area (Å²) in [5.74, 6) is 1.41. The maximum atomic E-state index is 13.0. The van der Waals surface area contributed by atoms with Crippen LogP contribution in [0.1, 0.15) is 30.4 Å². The van der Waals surface area contributed by atoms with Gasteiger partial charge in [-0.25, -0.2) is 4.39 Å². The summed E-state index contributed by atoms with van der Waals surface area (Å²) >= 11 is 0. The molecule has 0 aromatic heterocycles. The highest BCUT2D eigenvalue weighted by Crippen LogP contribution is 2.58. The first-order valence-corrected chi connectivity index (χ1v) is 9.57. The third kappa shape index (κ3) is 3.98. The SMILES string of the molecule is Cc1cc(CNC(=O)C2CC23CCNCC3)ccc1Oc1ccc(F)cc1. The fourth-order valence-corrected chi connectivity index (χ4v) is 4.07. The van der Waals surface area contributed by atoms with Gasteiger partial charge in [0.05, 0.1) is 0 Å². The van der Waals surface area contributed by atoms with Crippen molar-refractivity contribution in [2.24, 2.45) is 11.3 Å². The van der Waals surface area contributed by atoms with Crippen molar-refractivity contribution < 1.29 is 13.9 Å². The number of amides is 1. The molecule has 1 aliphatic heterocycles. The molecule has 4 rings (SSSR count). The minimum atomic E-state index is -0.285. The number of carbonyl (C=O) groups is 1. The van der Waals surface area contributed by atoms with E-state index in [-0.39, 0.29) is 23.1 Å². The van der Waals surface area contributed by atoms with Crippen LogP contribution in [0.15, 0.2) is 42.5 Å². The van der Waals surface area contributed by atoms with Gasteiger partial charge in [0.15, 0.2) is 0 Å².